The minimum atomic E-state index is -0.00167. The maximum atomic E-state index is 6.25. The molecule has 0 amide bonds. The third-order valence-electron chi connectivity index (χ3n) is 2.95. The summed E-state index contributed by atoms with van der Waals surface area (Å²) in [7, 11) is 0. The lowest BCUT2D eigenvalue weighted by molar-refractivity contribution is 0.576. The summed E-state index contributed by atoms with van der Waals surface area (Å²) in [5.41, 5.74) is 8.15. The molecule has 4 nitrogen and oxygen atoms in total. The third-order valence-corrected chi connectivity index (χ3v) is 3.59. The number of fused-ring (bicyclic) bond motifs is 1. The van der Waals surface area contributed by atoms with Gasteiger partial charge >= 0.3 is 0 Å². The zero-order chi connectivity index (χ0) is 13.0. The minimum absolute atomic E-state index is 0.00167. The molecule has 0 aliphatic carbocycles. The van der Waals surface area contributed by atoms with Gasteiger partial charge in [-0.15, -0.1) is 0 Å². The number of rotatable bonds is 6. The van der Waals surface area contributed by atoms with Gasteiger partial charge in [0, 0.05) is 12.7 Å². The molecule has 2 heterocycles. The average Bonchev–Trinajstić information content (AvgIpc) is 2.76. The number of imidazole rings is 1. The van der Waals surface area contributed by atoms with Crippen LogP contribution in [0, 0.1) is 0 Å². The summed E-state index contributed by atoms with van der Waals surface area (Å²) in [6.07, 6.45) is 5.93. The molecule has 1 atom stereocenters. The normalized spacial score (nSPS) is 13.1. The van der Waals surface area contributed by atoms with E-state index in [1.807, 2.05) is 30.1 Å². The number of pyridine rings is 1. The van der Waals surface area contributed by atoms with Crippen LogP contribution in [0.2, 0.25) is 0 Å². The van der Waals surface area contributed by atoms with Crippen molar-refractivity contribution in [1.29, 1.82) is 0 Å². The molecular formula is C13H20N4S. The predicted molar refractivity (Wildman–Crippen MR) is 77.7 cm³/mol. The molecule has 0 radical (unpaired) electrons. The molecule has 0 aliphatic heterocycles. The molecule has 2 aromatic rings. The maximum absolute atomic E-state index is 6.25. The Labute approximate surface area is 112 Å². The molecule has 2 aromatic heterocycles. The highest BCUT2D eigenvalue weighted by molar-refractivity contribution is 7.98. The lowest BCUT2D eigenvalue weighted by Crippen LogP contribution is -2.17. The first kappa shape index (κ1) is 13.4. The van der Waals surface area contributed by atoms with E-state index in [0.717, 1.165) is 42.1 Å². The molecule has 1 unspecified atom stereocenters. The fraction of sp³-hybridized carbons (Fsp3) is 0.538. The summed E-state index contributed by atoms with van der Waals surface area (Å²) in [6, 6.07) is 3.92. The fourth-order valence-corrected chi connectivity index (χ4v) is 2.57. The van der Waals surface area contributed by atoms with Gasteiger partial charge in [-0.2, -0.15) is 11.8 Å². The molecule has 98 valence electrons. The van der Waals surface area contributed by atoms with E-state index < -0.39 is 0 Å². The molecule has 0 saturated heterocycles. The van der Waals surface area contributed by atoms with E-state index >= 15 is 0 Å². The van der Waals surface area contributed by atoms with Gasteiger partial charge < -0.3 is 10.3 Å². The van der Waals surface area contributed by atoms with E-state index in [1.165, 1.54) is 0 Å². The van der Waals surface area contributed by atoms with Crippen molar-refractivity contribution in [3.05, 3.63) is 24.2 Å². The van der Waals surface area contributed by atoms with Crippen LogP contribution >= 0.6 is 11.8 Å². The van der Waals surface area contributed by atoms with Gasteiger partial charge in [-0.05, 0) is 37.0 Å². The zero-order valence-electron chi connectivity index (χ0n) is 11.0. The Hall–Kier alpha value is -1.07. The number of hydrogen-bond acceptors (Lipinski definition) is 4. The fourth-order valence-electron chi connectivity index (χ4n) is 2.08. The summed E-state index contributed by atoms with van der Waals surface area (Å²) < 4.78 is 2.17. The summed E-state index contributed by atoms with van der Waals surface area (Å²) in [5, 5.41) is 0. The first-order valence-corrected chi connectivity index (χ1v) is 7.73. The smallest absolute Gasteiger partial charge is 0.160 e. The Balaban J connectivity index is 2.38. The SMILES string of the molecule is CCCn1c(C(N)CCSC)nc2cccnc21. The van der Waals surface area contributed by atoms with E-state index in [1.54, 1.807) is 0 Å². The Morgan fingerprint density at radius 3 is 3.06 bits per heavy atom. The van der Waals surface area contributed by atoms with Gasteiger partial charge in [0.15, 0.2) is 5.65 Å². The number of aryl methyl sites for hydroxylation is 1. The van der Waals surface area contributed by atoms with Crippen molar-refractivity contribution >= 4 is 22.9 Å². The van der Waals surface area contributed by atoms with Crippen molar-refractivity contribution in [1.82, 2.24) is 14.5 Å². The van der Waals surface area contributed by atoms with Gasteiger partial charge in [0.2, 0.25) is 0 Å². The number of hydrogen-bond donors (Lipinski definition) is 1. The molecule has 0 spiro atoms. The van der Waals surface area contributed by atoms with Crippen LogP contribution in [0.4, 0.5) is 0 Å². The molecule has 5 heteroatoms. The molecule has 18 heavy (non-hydrogen) atoms. The second-order valence-corrected chi connectivity index (χ2v) is 5.34. The maximum Gasteiger partial charge on any atom is 0.160 e. The lowest BCUT2D eigenvalue weighted by Gasteiger charge is -2.13. The van der Waals surface area contributed by atoms with Gasteiger partial charge in [-0.1, -0.05) is 6.92 Å². The molecule has 0 bridgehead atoms. The second kappa shape index (κ2) is 6.20. The van der Waals surface area contributed by atoms with E-state index in [9.17, 15) is 0 Å². The minimum Gasteiger partial charge on any atom is -0.321 e. The molecule has 0 fully saturated rings. The van der Waals surface area contributed by atoms with Gasteiger partial charge in [0.1, 0.15) is 11.3 Å². The summed E-state index contributed by atoms with van der Waals surface area (Å²) >= 11 is 1.82. The number of nitrogens with zero attached hydrogens (tertiary/aromatic N) is 3. The van der Waals surface area contributed by atoms with Crippen molar-refractivity contribution in [2.75, 3.05) is 12.0 Å². The second-order valence-electron chi connectivity index (χ2n) is 4.36. The molecule has 2 N–H and O–H groups in total. The van der Waals surface area contributed by atoms with Crippen molar-refractivity contribution in [2.24, 2.45) is 5.73 Å². The van der Waals surface area contributed by atoms with Crippen molar-refractivity contribution in [2.45, 2.75) is 32.4 Å². The van der Waals surface area contributed by atoms with E-state index in [0.29, 0.717) is 0 Å². The monoisotopic (exact) mass is 264 g/mol. The Morgan fingerprint density at radius 2 is 2.33 bits per heavy atom. The quantitative estimate of drug-likeness (QED) is 0.871. The molecule has 0 aliphatic rings. The Bertz CT molecular complexity index is 509. The summed E-state index contributed by atoms with van der Waals surface area (Å²) in [5.74, 6) is 2.03. The van der Waals surface area contributed by atoms with E-state index in [4.69, 9.17) is 5.73 Å². The van der Waals surface area contributed by atoms with Crippen LogP contribution in [0.25, 0.3) is 11.2 Å². The van der Waals surface area contributed by atoms with Crippen LogP contribution in [0.3, 0.4) is 0 Å². The van der Waals surface area contributed by atoms with Crippen LogP contribution in [-0.2, 0) is 6.54 Å². The predicted octanol–water partition coefficient (Wildman–Crippen LogP) is 2.59. The number of thioether (sulfide) groups is 1. The van der Waals surface area contributed by atoms with Crippen LogP contribution in [-0.4, -0.2) is 26.5 Å². The van der Waals surface area contributed by atoms with Crippen molar-refractivity contribution < 1.29 is 0 Å². The van der Waals surface area contributed by atoms with Crippen LogP contribution in [0.5, 0.6) is 0 Å². The highest BCUT2D eigenvalue weighted by atomic mass is 32.2. The topological polar surface area (TPSA) is 56.7 Å². The van der Waals surface area contributed by atoms with Gasteiger partial charge in [0.25, 0.3) is 0 Å². The highest BCUT2D eigenvalue weighted by Crippen LogP contribution is 2.21. The van der Waals surface area contributed by atoms with Gasteiger partial charge in [0.05, 0.1) is 6.04 Å². The molecular weight excluding hydrogens is 244 g/mol. The third kappa shape index (κ3) is 2.67. The number of nitrogens with two attached hydrogens (primary N) is 1. The van der Waals surface area contributed by atoms with Crippen molar-refractivity contribution in [3.63, 3.8) is 0 Å². The Morgan fingerprint density at radius 1 is 1.50 bits per heavy atom. The molecule has 0 saturated carbocycles. The van der Waals surface area contributed by atoms with Crippen molar-refractivity contribution in [3.8, 4) is 0 Å². The standard InChI is InChI=1S/C13H20N4S/c1-3-8-17-12(10(14)6-9-18-2)16-11-5-4-7-15-13(11)17/h4-5,7,10H,3,6,8-9,14H2,1-2H3. The van der Waals surface area contributed by atoms with Crippen LogP contribution < -0.4 is 5.73 Å². The first-order chi connectivity index (χ1) is 8.77. The lowest BCUT2D eigenvalue weighted by atomic mass is 10.2. The zero-order valence-corrected chi connectivity index (χ0v) is 11.8. The van der Waals surface area contributed by atoms with Gasteiger partial charge in [-0.3, -0.25) is 0 Å². The largest absolute Gasteiger partial charge is 0.321 e. The summed E-state index contributed by atoms with van der Waals surface area (Å²) in [4.78, 5) is 9.07. The summed E-state index contributed by atoms with van der Waals surface area (Å²) in [6.45, 7) is 3.09. The molecule has 0 aromatic carbocycles. The number of aromatic nitrogens is 3. The van der Waals surface area contributed by atoms with Crippen LogP contribution in [0.15, 0.2) is 18.3 Å². The van der Waals surface area contributed by atoms with E-state index in [2.05, 4.69) is 27.7 Å². The molecule has 2 rings (SSSR count). The highest BCUT2D eigenvalue weighted by Gasteiger charge is 2.16. The van der Waals surface area contributed by atoms with Crippen LogP contribution in [0.1, 0.15) is 31.6 Å². The van der Waals surface area contributed by atoms with Gasteiger partial charge in [-0.25, -0.2) is 9.97 Å². The Kier molecular flexibility index (Phi) is 4.60. The van der Waals surface area contributed by atoms with E-state index in [-0.39, 0.29) is 6.04 Å². The average molecular weight is 264 g/mol. The first-order valence-electron chi connectivity index (χ1n) is 6.33.